The molecule has 0 radical (unpaired) electrons. The Labute approximate surface area is 329 Å². The van der Waals surface area contributed by atoms with E-state index in [1.807, 2.05) is 0 Å². The minimum Gasteiger partial charge on any atom is -0.466 e. The first-order valence-corrected chi connectivity index (χ1v) is 23.1. The second kappa shape index (κ2) is 43.1. The van der Waals surface area contributed by atoms with Crippen molar-refractivity contribution >= 4 is 11.9 Å². The third kappa shape index (κ3) is 39.8. The lowest BCUT2D eigenvalue weighted by atomic mass is 10.0. The number of allylic oxidation sites excluding steroid dienone is 4. The fourth-order valence-electron chi connectivity index (χ4n) is 6.89. The van der Waals surface area contributed by atoms with Crippen LogP contribution in [0.1, 0.15) is 239 Å². The highest BCUT2D eigenvalue weighted by molar-refractivity contribution is 5.76. The number of carbonyl (C=O) groups is 2. The van der Waals surface area contributed by atoms with Crippen LogP contribution in [0.2, 0.25) is 0 Å². The van der Waals surface area contributed by atoms with Crippen LogP contribution in [0.5, 0.6) is 0 Å². The minimum atomic E-state index is -0.673. The van der Waals surface area contributed by atoms with Crippen molar-refractivity contribution in [3.8, 4) is 0 Å². The largest absolute Gasteiger partial charge is 0.466 e. The monoisotopic (exact) mass is 748 g/mol. The van der Waals surface area contributed by atoms with Gasteiger partial charge in [-0.15, -0.1) is 0 Å². The number of aliphatic hydroxyl groups is 2. The lowest BCUT2D eigenvalue weighted by Crippen LogP contribution is -2.45. The van der Waals surface area contributed by atoms with Gasteiger partial charge in [-0.05, 0) is 51.4 Å². The van der Waals surface area contributed by atoms with Crippen molar-refractivity contribution in [1.29, 1.82) is 0 Å². The fraction of sp³-hybridized carbons (Fsp3) is 0.872. The Balaban J connectivity index is 3.46. The average molecular weight is 748 g/mol. The lowest BCUT2D eigenvalue weighted by molar-refractivity contribution is -0.143. The van der Waals surface area contributed by atoms with Crippen LogP contribution >= 0.6 is 0 Å². The van der Waals surface area contributed by atoms with E-state index in [1.54, 1.807) is 0 Å². The zero-order chi connectivity index (χ0) is 38.7. The van der Waals surface area contributed by atoms with E-state index in [-0.39, 0.29) is 18.5 Å². The van der Waals surface area contributed by atoms with Crippen LogP contribution in [-0.2, 0) is 14.3 Å². The Morgan fingerprint density at radius 2 is 0.962 bits per heavy atom. The van der Waals surface area contributed by atoms with Gasteiger partial charge < -0.3 is 20.3 Å². The van der Waals surface area contributed by atoms with Gasteiger partial charge >= 0.3 is 5.97 Å². The molecule has 0 saturated carbocycles. The highest BCUT2D eigenvalue weighted by Crippen LogP contribution is 2.15. The maximum absolute atomic E-state index is 12.4. The van der Waals surface area contributed by atoms with Gasteiger partial charge in [-0.1, -0.05) is 199 Å². The number of carbonyl (C=O) groups excluding carboxylic acids is 2. The molecule has 0 fully saturated rings. The zero-order valence-electron chi connectivity index (χ0n) is 35.2. The van der Waals surface area contributed by atoms with Crippen LogP contribution in [-0.4, -0.2) is 47.4 Å². The third-order valence-electron chi connectivity index (χ3n) is 10.5. The summed E-state index contributed by atoms with van der Waals surface area (Å²) in [7, 11) is 0. The van der Waals surface area contributed by atoms with Crippen molar-refractivity contribution in [3.05, 3.63) is 24.3 Å². The number of unbranched alkanes of at least 4 members (excludes halogenated alkanes) is 27. The second-order valence-corrected chi connectivity index (χ2v) is 15.7. The van der Waals surface area contributed by atoms with Crippen molar-refractivity contribution in [3.63, 3.8) is 0 Å². The van der Waals surface area contributed by atoms with Crippen molar-refractivity contribution in [1.82, 2.24) is 5.32 Å². The first kappa shape index (κ1) is 51.3. The molecule has 6 nitrogen and oxygen atoms in total. The van der Waals surface area contributed by atoms with Gasteiger partial charge in [0.1, 0.15) is 0 Å². The Kier molecular flexibility index (Phi) is 41.7. The van der Waals surface area contributed by atoms with Crippen LogP contribution in [0.15, 0.2) is 24.3 Å². The smallest absolute Gasteiger partial charge is 0.305 e. The Morgan fingerprint density at radius 1 is 0.528 bits per heavy atom. The molecule has 0 saturated heterocycles. The first-order chi connectivity index (χ1) is 26.0. The van der Waals surface area contributed by atoms with Gasteiger partial charge in [0, 0.05) is 12.8 Å². The van der Waals surface area contributed by atoms with E-state index in [0.29, 0.717) is 25.9 Å². The molecule has 0 rings (SSSR count). The SMILES string of the molecule is CCCC/C=C\C/C=C\CCCCCCCC(=O)OCCCCCCCCCCCCCCC(=O)NC(CO)C(O)CCCCCCCCCCCC. The molecule has 0 spiro atoms. The van der Waals surface area contributed by atoms with E-state index < -0.39 is 12.1 Å². The maximum atomic E-state index is 12.4. The molecule has 1 amide bonds. The standard InChI is InChI=1S/C47H89NO5/c1-3-5-7-9-11-13-15-16-17-21-25-29-33-37-41-47(52)53-42-38-34-30-26-22-19-18-20-24-28-32-36-40-46(51)48-44(43-49)45(50)39-35-31-27-23-14-12-10-8-6-4-2/h9,11,15-16,44-45,49-50H,3-8,10,12-14,17-43H2,1-2H3,(H,48,51)/b11-9-,16-15-. The number of amides is 1. The average Bonchev–Trinajstić information content (AvgIpc) is 3.16. The van der Waals surface area contributed by atoms with Gasteiger partial charge in [0.25, 0.3) is 0 Å². The molecule has 53 heavy (non-hydrogen) atoms. The summed E-state index contributed by atoms with van der Waals surface area (Å²) in [6, 6.07) is -0.551. The molecule has 2 unspecified atom stereocenters. The van der Waals surface area contributed by atoms with Gasteiger partial charge in [-0.3, -0.25) is 9.59 Å². The van der Waals surface area contributed by atoms with Crippen molar-refractivity contribution in [2.24, 2.45) is 0 Å². The number of hydrogen-bond acceptors (Lipinski definition) is 5. The molecule has 0 aliphatic rings. The summed E-state index contributed by atoms with van der Waals surface area (Å²) in [4.78, 5) is 24.4. The van der Waals surface area contributed by atoms with Gasteiger partial charge in [-0.2, -0.15) is 0 Å². The third-order valence-corrected chi connectivity index (χ3v) is 10.5. The van der Waals surface area contributed by atoms with E-state index in [1.165, 1.54) is 135 Å². The van der Waals surface area contributed by atoms with Gasteiger partial charge in [-0.25, -0.2) is 0 Å². The summed E-state index contributed by atoms with van der Waals surface area (Å²) < 4.78 is 5.44. The predicted molar refractivity (Wildman–Crippen MR) is 227 cm³/mol. The maximum Gasteiger partial charge on any atom is 0.305 e. The molecule has 0 aromatic heterocycles. The quantitative estimate of drug-likeness (QED) is 0.0328. The van der Waals surface area contributed by atoms with Crippen LogP contribution in [0, 0.1) is 0 Å². The molecule has 6 heteroatoms. The van der Waals surface area contributed by atoms with Crippen molar-refractivity contribution < 1.29 is 24.5 Å². The lowest BCUT2D eigenvalue weighted by Gasteiger charge is -2.22. The molecule has 0 aromatic rings. The van der Waals surface area contributed by atoms with Gasteiger partial charge in [0.15, 0.2) is 0 Å². The van der Waals surface area contributed by atoms with Gasteiger partial charge in [0.2, 0.25) is 5.91 Å². The Morgan fingerprint density at radius 3 is 1.49 bits per heavy atom. The van der Waals surface area contributed by atoms with E-state index in [4.69, 9.17) is 4.74 Å². The number of aliphatic hydroxyl groups excluding tert-OH is 2. The van der Waals surface area contributed by atoms with E-state index in [9.17, 15) is 19.8 Å². The number of nitrogens with one attached hydrogen (secondary N) is 1. The fourth-order valence-corrected chi connectivity index (χ4v) is 6.89. The minimum absolute atomic E-state index is 0.0246. The summed E-state index contributed by atoms with van der Waals surface area (Å²) in [6.07, 6.45) is 48.4. The number of hydrogen-bond donors (Lipinski definition) is 3. The Hall–Kier alpha value is -1.66. The molecule has 312 valence electrons. The summed E-state index contributed by atoms with van der Waals surface area (Å²) in [5.74, 6) is -0.0788. The molecule has 0 bridgehead atoms. The van der Waals surface area contributed by atoms with E-state index in [2.05, 4.69) is 43.5 Å². The highest BCUT2D eigenvalue weighted by atomic mass is 16.5. The predicted octanol–water partition coefficient (Wildman–Crippen LogP) is 13.2. The first-order valence-electron chi connectivity index (χ1n) is 23.1. The second-order valence-electron chi connectivity index (χ2n) is 15.7. The number of esters is 1. The summed E-state index contributed by atoms with van der Waals surface area (Å²) in [6.45, 7) is 4.84. The highest BCUT2D eigenvalue weighted by Gasteiger charge is 2.20. The molecule has 0 aromatic carbocycles. The van der Waals surface area contributed by atoms with Crippen LogP contribution in [0.3, 0.4) is 0 Å². The molecule has 3 N–H and O–H groups in total. The van der Waals surface area contributed by atoms with E-state index >= 15 is 0 Å². The van der Waals surface area contributed by atoms with Crippen LogP contribution < -0.4 is 5.32 Å². The molecular weight excluding hydrogens is 659 g/mol. The zero-order valence-corrected chi connectivity index (χ0v) is 35.2. The molecular formula is C47H89NO5. The molecule has 0 heterocycles. The van der Waals surface area contributed by atoms with Crippen LogP contribution in [0.25, 0.3) is 0 Å². The Bertz CT molecular complexity index is 828. The van der Waals surface area contributed by atoms with Crippen LogP contribution in [0.4, 0.5) is 0 Å². The topological polar surface area (TPSA) is 95.9 Å². The van der Waals surface area contributed by atoms with Gasteiger partial charge in [0.05, 0.1) is 25.4 Å². The molecule has 0 aliphatic carbocycles. The molecule has 2 atom stereocenters. The normalized spacial score (nSPS) is 12.9. The summed E-state index contributed by atoms with van der Waals surface area (Å²) in [5, 5.41) is 23.1. The summed E-state index contributed by atoms with van der Waals surface area (Å²) in [5.41, 5.74) is 0. The van der Waals surface area contributed by atoms with E-state index in [0.717, 1.165) is 70.6 Å². The van der Waals surface area contributed by atoms with Crippen molar-refractivity contribution in [2.45, 2.75) is 251 Å². The summed E-state index contributed by atoms with van der Waals surface area (Å²) >= 11 is 0. The van der Waals surface area contributed by atoms with Crippen molar-refractivity contribution in [2.75, 3.05) is 13.2 Å². The number of rotatable bonds is 42. The number of ether oxygens (including phenoxy) is 1. The molecule has 0 aliphatic heterocycles.